The maximum Gasteiger partial charge on any atom is 0.246 e. The molecule has 0 bridgehead atoms. The molecule has 3 rings (SSSR count). The second-order valence-electron chi connectivity index (χ2n) is 6.01. The molecule has 1 saturated heterocycles. The lowest BCUT2D eigenvalue weighted by Gasteiger charge is -2.46. The van der Waals surface area contributed by atoms with Crippen LogP contribution < -0.4 is 0 Å². The molecule has 20 heavy (non-hydrogen) atoms. The van der Waals surface area contributed by atoms with Crippen LogP contribution in [0.25, 0.3) is 0 Å². The molecule has 7 heteroatoms. The maximum absolute atomic E-state index is 12.6. The van der Waals surface area contributed by atoms with E-state index < -0.39 is 15.6 Å². The molecule has 2 fully saturated rings. The van der Waals surface area contributed by atoms with Gasteiger partial charge in [-0.05, 0) is 19.3 Å². The van der Waals surface area contributed by atoms with Gasteiger partial charge in [0.2, 0.25) is 10.0 Å². The van der Waals surface area contributed by atoms with Gasteiger partial charge in [0.1, 0.15) is 4.90 Å². The zero-order chi connectivity index (χ0) is 14.4. The fourth-order valence-corrected chi connectivity index (χ4v) is 4.91. The van der Waals surface area contributed by atoms with E-state index >= 15 is 0 Å². The van der Waals surface area contributed by atoms with Gasteiger partial charge in [0.05, 0.1) is 11.8 Å². The second kappa shape index (κ2) is 4.82. The van der Waals surface area contributed by atoms with Crippen molar-refractivity contribution >= 4 is 10.0 Å². The topological polar surface area (TPSA) is 75.4 Å². The van der Waals surface area contributed by atoms with Crippen molar-refractivity contribution in [3.8, 4) is 0 Å². The monoisotopic (exact) mass is 299 g/mol. The largest absolute Gasteiger partial charge is 0.390 e. The number of hydrogen-bond donors (Lipinski definition) is 1. The Morgan fingerprint density at radius 3 is 2.90 bits per heavy atom. The third-order valence-electron chi connectivity index (χ3n) is 4.71. The first-order valence-electron chi connectivity index (χ1n) is 7.13. The molecule has 1 N–H and O–H groups in total. The van der Waals surface area contributed by atoms with E-state index in [1.165, 1.54) is 21.4 Å². The molecule has 2 unspecified atom stereocenters. The van der Waals surface area contributed by atoms with Crippen molar-refractivity contribution in [2.45, 2.75) is 42.6 Å². The Bertz CT molecular complexity index is 598. The van der Waals surface area contributed by atoms with Crippen LogP contribution in [0, 0.1) is 5.92 Å². The Balaban J connectivity index is 1.82. The number of aryl methyl sites for hydroxylation is 1. The number of nitrogens with zero attached hydrogens (tertiary/aromatic N) is 3. The van der Waals surface area contributed by atoms with Crippen molar-refractivity contribution in [1.82, 2.24) is 14.1 Å². The summed E-state index contributed by atoms with van der Waals surface area (Å²) in [6.45, 7) is 0.817. The Morgan fingerprint density at radius 2 is 2.20 bits per heavy atom. The van der Waals surface area contributed by atoms with Crippen LogP contribution in [-0.4, -0.2) is 46.3 Å². The molecule has 2 heterocycles. The van der Waals surface area contributed by atoms with Crippen molar-refractivity contribution in [2.75, 3.05) is 13.1 Å². The van der Waals surface area contributed by atoms with Gasteiger partial charge in [0.15, 0.2) is 0 Å². The molecule has 2 atom stereocenters. The van der Waals surface area contributed by atoms with Crippen LogP contribution in [0.15, 0.2) is 17.3 Å². The highest BCUT2D eigenvalue weighted by atomic mass is 32.2. The Morgan fingerprint density at radius 1 is 1.40 bits per heavy atom. The van der Waals surface area contributed by atoms with Gasteiger partial charge >= 0.3 is 0 Å². The third-order valence-corrected chi connectivity index (χ3v) is 6.53. The van der Waals surface area contributed by atoms with E-state index in [4.69, 9.17) is 0 Å². The molecule has 6 nitrogen and oxygen atoms in total. The summed E-state index contributed by atoms with van der Waals surface area (Å²) in [5.74, 6) is 0.0662. The van der Waals surface area contributed by atoms with Crippen LogP contribution in [0.4, 0.5) is 0 Å². The standard InChI is InChI=1S/C13H21N3O3S/c1-15-10-12(8-14-15)20(18,19)16-7-6-13(17)5-3-2-4-11(13)9-16/h8,10-11,17H,2-7,9H2,1H3. The lowest BCUT2D eigenvalue weighted by atomic mass is 9.72. The van der Waals surface area contributed by atoms with Gasteiger partial charge in [-0.3, -0.25) is 4.68 Å². The van der Waals surface area contributed by atoms with Crippen molar-refractivity contribution in [3.05, 3.63) is 12.4 Å². The molecule has 0 amide bonds. The quantitative estimate of drug-likeness (QED) is 0.874. The smallest absolute Gasteiger partial charge is 0.246 e. The number of aromatic nitrogens is 2. The average molecular weight is 299 g/mol. The molecule has 0 radical (unpaired) electrons. The van der Waals surface area contributed by atoms with E-state index in [1.54, 1.807) is 7.05 Å². The van der Waals surface area contributed by atoms with E-state index in [1.807, 2.05) is 0 Å². The molecular weight excluding hydrogens is 278 g/mol. The van der Waals surface area contributed by atoms with E-state index in [2.05, 4.69) is 5.10 Å². The highest BCUT2D eigenvalue weighted by Crippen LogP contribution is 2.40. The predicted octanol–water partition coefficient (Wildman–Crippen LogP) is 0.736. The molecule has 0 aromatic carbocycles. The molecule has 1 aliphatic heterocycles. The SMILES string of the molecule is Cn1cc(S(=O)(=O)N2CCC3(O)CCCCC3C2)cn1. The molecule has 1 aromatic heterocycles. The lowest BCUT2D eigenvalue weighted by molar-refractivity contribution is -0.0816. The van der Waals surface area contributed by atoms with Gasteiger partial charge in [-0.2, -0.15) is 9.40 Å². The highest BCUT2D eigenvalue weighted by molar-refractivity contribution is 7.89. The molecule has 2 aliphatic rings. The number of rotatable bonds is 2. The molecule has 1 aromatic rings. The maximum atomic E-state index is 12.6. The first-order chi connectivity index (χ1) is 9.42. The van der Waals surface area contributed by atoms with Gasteiger partial charge in [0, 0.05) is 32.3 Å². The summed E-state index contributed by atoms with van der Waals surface area (Å²) in [4.78, 5) is 0.237. The molecular formula is C13H21N3O3S. The second-order valence-corrected chi connectivity index (χ2v) is 7.95. The van der Waals surface area contributed by atoms with Gasteiger partial charge in [-0.15, -0.1) is 0 Å². The van der Waals surface area contributed by atoms with Crippen molar-refractivity contribution in [3.63, 3.8) is 0 Å². The number of aliphatic hydroxyl groups is 1. The Hall–Kier alpha value is -0.920. The van der Waals surface area contributed by atoms with Crippen molar-refractivity contribution in [1.29, 1.82) is 0 Å². The fourth-order valence-electron chi connectivity index (χ4n) is 3.44. The number of sulfonamides is 1. The van der Waals surface area contributed by atoms with Gasteiger partial charge < -0.3 is 5.11 Å². The highest BCUT2D eigenvalue weighted by Gasteiger charge is 2.45. The minimum Gasteiger partial charge on any atom is -0.390 e. The van der Waals surface area contributed by atoms with Crippen LogP contribution in [-0.2, 0) is 17.1 Å². The summed E-state index contributed by atoms with van der Waals surface area (Å²) < 4.78 is 28.1. The normalized spacial score (nSPS) is 32.0. The Labute approximate surface area is 119 Å². The summed E-state index contributed by atoms with van der Waals surface area (Å²) in [7, 11) is -1.78. The summed E-state index contributed by atoms with van der Waals surface area (Å²) in [5.41, 5.74) is -0.654. The Kier molecular flexibility index (Phi) is 3.38. The minimum absolute atomic E-state index is 0.0662. The van der Waals surface area contributed by atoms with E-state index in [-0.39, 0.29) is 10.8 Å². The summed E-state index contributed by atoms with van der Waals surface area (Å²) in [6.07, 6.45) is 7.29. The molecule has 1 saturated carbocycles. The van der Waals surface area contributed by atoms with Crippen molar-refractivity contribution in [2.24, 2.45) is 13.0 Å². The third kappa shape index (κ3) is 2.27. The summed E-state index contributed by atoms with van der Waals surface area (Å²) in [6, 6.07) is 0. The fraction of sp³-hybridized carbons (Fsp3) is 0.769. The van der Waals surface area contributed by atoms with Crippen LogP contribution >= 0.6 is 0 Å². The lowest BCUT2D eigenvalue weighted by Crippen LogP contribution is -2.54. The molecule has 112 valence electrons. The van der Waals surface area contributed by atoms with E-state index in [0.717, 1.165) is 25.7 Å². The van der Waals surface area contributed by atoms with Crippen molar-refractivity contribution < 1.29 is 13.5 Å². The first-order valence-corrected chi connectivity index (χ1v) is 8.57. The van der Waals surface area contributed by atoms with E-state index in [9.17, 15) is 13.5 Å². The van der Waals surface area contributed by atoms with Crippen LogP contribution in [0.3, 0.4) is 0 Å². The van der Waals surface area contributed by atoms with Crippen LogP contribution in [0.2, 0.25) is 0 Å². The summed E-state index contributed by atoms with van der Waals surface area (Å²) >= 11 is 0. The predicted molar refractivity (Wildman–Crippen MR) is 73.5 cm³/mol. The minimum atomic E-state index is -3.48. The zero-order valence-corrected chi connectivity index (χ0v) is 12.5. The molecule has 0 spiro atoms. The van der Waals surface area contributed by atoms with Crippen LogP contribution in [0.5, 0.6) is 0 Å². The average Bonchev–Trinajstić information content (AvgIpc) is 2.85. The number of fused-ring (bicyclic) bond motifs is 1. The summed E-state index contributed by atoms with van der Waals surface area (Å²) in [5, 5.41) is 14.5. The van der Waals surface area contributed by atoms with Gasteiger partial charge in [-0.1, -0.05) is 12.8 Å². The number of hydrogen-bond acceptors (Lipinski definition) is 4. The van der Waals surface area contributed by atoms with Gasteiger partial charge in [-0.25, -0.2) is 8.42 Å². The molecule has 1 aliphatic carbocycles. The zero-order valence-electron chi connectivity index (χ0n) is 11.7. The van der Waals surface area contributed by atoms with Crippen LogP contribution in [0.1, 0.15) is 32.1 Å². The van der Waals surface area contributed by atoms with E-state index in [0.29, 0.717) is 19.5 Å². The first kappa shape index (κ1) is 14.0. The van der Waals surface area contributed by atoms with Gasteiger partial charge in [0.25, 0.3) is 0 Å². The number of piperidine rings is 1.